The van der Waals surface area contributed by atoms with Gasteiger partial charge in [0, 0.05) is 10.7 Å². The molecule has 0 aliphatic rings. The van der Waals surface area contributed by atoms with E-state index in [0.29, 0.717) is 0 Å². The van der Waals surface area contributed by atoms with Gasteiger partial charge in [-0.15, -0.1) is 0 Å². The molecular weight excluding hydrogens is 311 g/mol. The molecule has 0 heterocycles. The number of carboxylic acid groups (broad SMARTS) is 1. The monoisotopic (exact) mass is 314 g/mol. The summed E-state index contributed by atoms with van der Waals surface area (Å²) in [5.41, 5.74) is -0.538. The van der Waals surface area contributed by atoms with Crippen LogP contribution in [0.25, 0.3) is 0 Å². The largest absolute Gasteiger partial charge is 0.506 e. The van der Waals surface area contributed by atoms with Gasteiger partial charge in [-0.1, -0.05) is 0 Å². The van der Waals surface area contributed by atoms with E-state index in [-0.39, 0.29) is 4.47 Å². The predicted molar refractivity (Wildman–Crippen MR) is 55.8 cm³/mol. The van der Waals surface area contributed by atoms with Crippen molar-refractivity contribution in [3.63, 3.8) is 0 Å². The molecule has 0 aromatic heterocycles. The zero-order valence-electron chi connectivity index (χ0n) is 6.94. The Kier molecular flexibility index (Phi) is 3.27. The fourth-order valence-corrected chi connectivity index (χ4v) is 2.27. The number of carboxylic acids is 1. The number of carbonyl (C=O) groups is 1. The normalized spacial score (nSPS) is 11.3. The Morgan fingerprint density at radius 2 is 1.93 bits per heavy atom. The molecule has 0 radical (unpaired) electrons. The number of phenols is 1. The summed E-state index contributed by atoms with van der Waals surface area (Å²) in [6.07, 6.45) is 0. The summed E-state index contributed by atoms with van der Waals surface area (Å²) in [5, 5.41) is 18.0. The Morgan fingerprint density at radius 1 is 1.40 bits per heavy atom. The van der Waals surface area contributed by atoms with Crippen molar-refractivity contribution in [1.29, 1.82) is 0 Å². The number of rotatable bonds is 2. The van der Waals surface area contributed by atoms with Gasteiger partial charge in [-0.25, -0.2) is 13.2 Å². The summed E-state index contributed by atoms with van der Waals surface area (Å²) in [6, 6.07) is 1.80. The zero-order chi connectivity index (χ0) is 11.8. The van der Waals surface area contributed by atoms with Crippen LogP contribution in [-0.4, -0.2) is 24.6 Å². The third-order valence-electron chi connectivity index (χ3n) is 1.55. The fourth-order valence-electron chi connectivity index (χ4n) is 0.878. The van der Waals surface area contributed by atoms with E-state index in [0.717, 1.165) is 12.1 Å². The van der Waals surface area contributed by atoms with Gasteiger partial charge in [-0.2, -0.15) is 0 Å². The average Bonchev–Trinajstić information content (AvgIpc) is 2.06. The van der Waals surface area contributed by atoms with E-state index in [9.17, 15) is 18.3 Å². The number of aromatic hydroxyl groups is 1. The summed E-state index contributed by atoms with van der Waals surface area (Å²) in [5.74, 6) is -2.00. The third kappa shape index (κ3) is 2.61. The van der Waals surface area contributed by atoms with Crippen LogP contribution in [0.4, 0.5) is 0 Å². The number of hydrogen-bond acceptors (Lipinski definition) is 4. The van der Waals surface area contributed by atoms with E-state index < -0.39 is 31.2 Å². The maximum absolute atomic E-state index is 10.9. The van der Waals surface area contributed by atoms with Gasteiger partial charge in [0.05, 0.1) is 9.37 Å². The summed E-state index contributed by atoms with van der Waals surface area (Å²) in [6.45, 7) is 0. The highest BCUT2D eigenvalue weighted by molar-refractivity contribution is 9.10. The van der Waals surface area contributed by atoms with Crippen molar-refractivity contribution < 1.29 is 23.4 Å². The molecule has 8 heteroatoms. The standard InChI is InChI=1S/C7H4BrClO5S/c8-5-2-3(15(9,13)14)1-4(6(5)10)7(11)12/h1-2,10H,(H,11,12). The summed E-state index contributed by atoms with van der Waals surface area (Å²) >= 11 is 2.82. The maximum atomic E-state index is 10.9. The first-order chi connectivity index (χ1) is 6.73. The van der Waals surface area contributed by atoms with Crippen molar-refractivity contribution in [2.24, 2.45) is 0 Å². The molecule has 1 aromatic rings. The lowest BCUT2D eigenvalue weighted by atomic mass is 10.2. The van der Waals surface area contributed by atoms with Crippen LogP contribution in [-0.2, 0) is 9.05 Å². The second-order valence-corrected chi connectivity index (χ2v) is 5.96. The molecule has 5 nitrogen and oxygen atoms in total. The van der Waals surface area contributed by atoms with E-state index in [2.05, 4.69) is 15.9 Å². The second kappa shape index (κ2) is 3.99. The molecule has 2 N–H and O–H groups in total. The van der Waals surface area contributed by atoms with Crippen LogP contribution in [0.2, 0.25) is 0 Å². The minimum atomic E-state index is -4.03. The maximum Gasteiger partial charge on any atom is 0.339 e. The Morgan fingerprint density at radius 3 is 2.33 bits per heavy atom. The summed E-state index contributed by atoms with van der Waals surface area (Å²) in [7, 11) is 1.01. The topological polar surface area (TPSA) is 91.7 Å². The van der Waals surface area contributed by atoms with E-state index >= 15 is 0 Å². The first kappa shape index (κ1) is 12.3. The number of benzene rings is 1. The smallest absolute Gasteiger partial charge is 0.339 e. The zero-order valence-corrected chi connectivity index (χ0v) is 10.1. The summed E-state index contributed by atoms with van der Waals surface area (Å²) < 4.78 is 21.8. The van der Waals surface area contributed by atoms with Gasteiger partial charge in [0.2, 0.25) is 0 Å². The molecular formula is C7H4BrClO5S. The molecule has 0 fully saturated rings. The third-order valence-corrected chi connectivity index (χ3v) is 3.49. The molecule has 15 heavy (non-hydrogen) atoms. The molecule has 82 valence electrons. The Labute approximate surface area is 97.8 Å². The fraction of sp³-hybridized carbons (Fsp3) is 0. The van der Waals surface area contributed by atoms with Crippen LogP contribution >= 0.6 is 26.6 Å². The van der Waals surface area contributed by atoms with Crippen molar-refractivity contribution >= 4 is 41.6 Å². The lowest BCUT2D eigenvalue weighted by Crippen LogP contribution is -2.00. The van der Waals surface area contributed by atoms with Crippen molar-refractivity contribution in [3.05, 3.63) is 22.2 Å². The quantitative estimate of drug-likeness (QED) is 0.812. The predicted octanol–water partition coefficient (Wildman–Crippen LogP) is 1.78. The molecule has 1 rings (SSSR count). The van der Waals surface area contributed by atoms with Gasteiger partial charge in [-0.05, 0) is 28.1 Å². The number of aromatic carboxylic acids is 1. The van der Waals surface area contributed by atoms with E-state index in [1.807, 2.05) is 0 Å². The molecule has 0 aliphatic carbocycles. The van der Waals surface area contributed by atoms with Crippen molar-refractivity contribution in [1.82, 2.24) is 0 Å². The van der Waals surface area contributed by atoms with Crippen LogP contribution in [0.5, 0.6) is 5.75 Å². The van der Waals surface area contributed by atoms with Crippen LogP contribution in [0.1, 0.15) is 10.4 Å². The molecule has 0 amide bonds. The second-order valence-electron chi connectivity index (χ2n) is 2.54. The molecule has 0 unspecified atom stereocenters. The average molecular weight is 316 g/mol. The van der Waals surface area contributed by atoms with Crippen LogP contribution in [0.15, 0.2) is 21.5 Å². The van der Waals surface area contributed by atoms with Crippen molar-refractivity contribution in [3.8, 4) is 5.75 Å². The van der Waals surface area contributed by atoms with Gasteiger partial charge in [0.25, 0.3) is 9.05 Å². The van der Waals surface area contributed by atoms with Gasteiger partial charge < -0.3 is 10.2 Å². The van der Waals surface area contributed by atoms with E-state index in [1.165, 1.54) is 0 Å². The van der Waals surface area contributed by atoms with E-state index in [1.54, 1.807) is 0 Å². The van der Waals surface area contributed by atoms with Gasteiger partial charge >= 0.3 is 5.97 Å². The minimum absolute atomic E-state index is 0.0541. The molecule has 0 saturated carbocycles. The van der Waals surface area contributed by atoms with Crippen LogP contribution in [0.3, 0.4) is 0 Å². The molecule has 1 aromatic carbocycles. The van der Waals surface area contributed by atoms with Crippen molar-refractivity contribution in [2.45, 2.75) is 4.90 Å². The van der Waals surface area contributed by atoms with Gasteiger partial charge in [0.15, 0.2) is 0 Å². The van der Waals surface area contributed by atoms with E-state index in [4.69, 9.17) is 15.8 Å². The highest BCUT2D eigenvalue weighted by Crippen LogP contribution is 2.32. The first-order valence-corrected chi connectivity index (χ1v) is 6.54. The first-order valence-electron chi connectivity index (χ1n) is 3.44. The Balaban J connectivity index is 3.57. The lowest BCUT2D eigenvalue weighted by Gasteiger charge is -2.04. The van der Waals surface area contributed by atoms with Gasteiger partial charge in [-0.3, -0.25) is 0 Å². The van der Waals surface area contributed by atoms with Crippen molar-refractivity contribution in [2.75, 3.05) is 0 Å². The number of hydrogen-bond donors (Lipinski definition) is 2. The molecule has 0 aliphatic heterocycles. The lowest BCUT2D eigenvalue weighted by molar-refractivity contribution is 0.0693. The molecule has 0 bridgehead atoms. The Hall–Kier alpha value is -0.790. The van der Waals surface area contributed by atoms with Gasteiger partial charge in [0.1, 0.15) is 11.3 Å². The SMILES string of the molecule is O=C(O)c1cc(S(=O)(=O)Cl)cc(Br)c1O. The molecule has 0 saturated heterocycles. The summed E-state index contributed by atoms with van der Waals surface area (Å²) in [4.78, 5) is 10.2. The number of halogens is 2. The minimum Gasteiger partial charge on any atom is -0.506 e. The van der Waals surface area contributed by atoms with Crippen LogP contribution < -0.4 is 0 Å². The molecule has 0 atom stereocenters. The molecule has 0 spiro atoms. The Bertz CT molecular complexity index is 524. The highest BCUT2D eigenvalue weighted by atomic mass is 79.9. The van der Waals surface area contributed by atoms with Crippen LogP contribution in [0, 0.1) is 0 Å². The highest BCUT2D eigenvalue weighted by Gasteiger charge is 2.19.